The Labute approximate surface area is 179 Å². The molecule has 4 aliphatic carbocycles. The average Bonchev–Trinajstić information content (AvgIpc) is 2.70. The molecule has 2 heterocycles. The highest BCUT2D eigenvalue weighted by Gasteiger charge is 2.49. The summed E-state index contributed by atoms with van der Waals surface area (Å²) >= 11 is 5.96. The quantitative estimate of drug-likeness (QED) is 0.815. The SMILES string of the molecule is CC(C)(C(=O)NC1C2CC3CC(C2)CC1C3)N1CCN(c2ccc(Cl)cn2)CC1. The van der Waals surface area contributed by atoms with Crippen LogP contribution in [0.4, 0.5) is 5.82 Å². The monoisotopic (exact) mass is 416 g/mol. The molecule has 5 nitrogen and oxygen atoms in total. The Hall–Kier alpha value is -1.33. The highest BCUT2D eigenvalue weighted by molar-refractivity contribution is 6.30. The molecule has 0 atom stereocenters. The van der Waals surface area contributed by atoms with Crippen LogP contribution in [0, 0.1) is 23.7 Å². The first kappa shape index (κ1) is 19.6. The minimum atomic E-state index is -0.478. The fourth-order valence-electron chi connectivity index (χ4n) is 6.68. The Balaban J connectivity index is 1.20. The summed E-state index contributed by atoms with van der Waals surface area (Å²) in [7, 11) is 0. The molecule has 1 aliphatic heterocycles. The molecule has 4 bridgehead atoms. The number of halogens is 1. The number of carbonyl (C=O) groups is 1. The summed E-state index contributed by atoms with van der Waals surface area (Å²) in [6.45, 7) is 7.68. The third-order valence-electron chi connectivity index (χ3n) is 8.19. The topological polar surface area (TPSA) is 48.5 Å². The minimum Gasteiger partial charge on any atom is -0.354 e. The summed E-state index contributed by atoms with van der Waals surface area (Å²) < 4.78 is 0. The Morgan fingerprint density at radius 3 is 2.21 bits per heavy atom. The van der Waals surface area contributed by atoms with Crippen LogP contribution >= 0.6 is 11.6 Å². The van der Waals surface area contributed by atoms with Gasteiger partial charge in [-0.3, -0.25) is 9.69 Å². The fourth-order valence-corrected chi connectivity index (χ4v) is 6.79. The first-order valence-electron chi connectivity index (χ1n) is 11.3. The molecule has 1 N–H and O–H groups in total. The van der Waals surface area contributed by atoms with Crippen LogP contribution < -0.4 is 10.2 Å². The Morgan fingerprint density at radius 1 is 1.03 bits per heavy atom. The van der Waals surface area contributed by atoms with Crippen LogP contribution in [0.1, 0.15) is 46.0 Å². The van der Waals surface area contributed by atoms with Gasteiger partial charge in [0.1, 0.15) is 5.82 Å². The summed E-state index contributed by atoms with van der Waals surface area (Å²) in [6, 6.07) is 4.27. The third-order valence-corrected chi connectivity index (χ3v) is 8.41. The van der Waals surface area contributed by atoms with Gasteiger partial charge < -0.3 is 10.2 Å². The van der Waals surface area contributed by atoms with Crippen molar-refractivity contribution < 1.29 is 4.79 Å². The van der Waals surface area contributed by atoms with E-state index in [-0.39, 0.29) is 5.91 Å². The number of piperazine rings is 1. The fraction of sp³-hybridized carbons (Fsp3) is 0.739. The van der Waals surface area contributed by atoms with Crippen LogP contribution in [-0.2, 0) is 4.79 Å². The van der Waals surface area contributed by atoms with Gasteiger partial charge in [-0.05, 0) is 81.8 Å². The molecular weight excluding hydrogens is 384 g/mol. The Morgan fingerprint density at radius 2 is 1.66 bits per heavy atom. The van der Waals surface area contributed by atoms with Crippen molar-refractivity contribution in [2.24, 2.45) is 23.7 Å². The maximum atomic E-state index is 13.4. The number of hydrogen-bond acceptors (Lipinski definition) is 4. The van der Waals surface area contributed by atoms with E-state index in [4.69, 9.17) is 11.6 Å². The lowest BCUT2D eigenvalue weighted by atomic mass is 9.54. The van der Waals surface area contributed by atoms with Crippen molar-refractivity contribution >= 4 is 23.3 Å². The summed E-state index contributed by atoms with van der Waals surface area (Å²) in [5.74, 6) is 4.50. The molecule has 5 fully saturated rings. The number of nitrogens with zero attached hydrogens (tertiary/aromatic N) is 3. The normalized spacial score (nSPS) is 34.4. The first-order valence-corrected chi connectivity index (χ1v) is 11.7. The molecule has 0 spiro atoms. The lowest BCUT2D eigenvalue weighted by Gasteiger charge is -2.55. The molecule has 1 saturated heterocycles. The highest BCUT2D eigenvalue weighted by Crippen LogP contribution is 2.53. The largest absolute Gasteiger partial charge is 0.354 e. The van der Waals surface area contributed by atoms with Crippen molar-refractivity contribution in [1.29, 1.82) is 0 Å². The molecule has 1 aromatic rings. The molecule has 5 aliphatic rings. The second-order valence-corrected chi connectivity index (χ2v) is 10.7. The van der Waals surface area contributed by atoms with Crippen molar-refractivity contribution in [3.05, 3.63) is 23.4 Å². The number of aromatic nitrogens is 1. The highest BCUT2D eigenvalue weighted by atomic mass is 35.5. The van der Waals surface area contributed by atoms with Crippen LogP contribution in [-0.4, -0.2) is 53.6 Å². The van der Waals surface area contributed by atoms with E-state index in [0.717, 1.165) is 55.7 Å². The number of pyridine rings is 1. The number of hydrogen-bond donors (Lipinski definition) is 1. The van der Waals surface area contributed by atoms with Gasteiger partial charge in [0.2, 0.25) is 5.91 Å². The van der Waals surface area contributed by atoms with Crippen LogP contribution in [0.5, 0.6) is 0 Å². The molecule has 4 saturated carbocycles. The average molecular weight is 417 g/mol. The van der Waals surface area contributed by atoms with Gasteiger partial charge in [-0.2, -0.15) is 0 Å². The maximum absolute atomic E-state index is 13.4. The van der Waals surface area contributed by atoms with Gasteiger partial charge >= 0.3 is 0 Å². The molecule has 6 heteroatoms. The number of anilines is 1. The minimum absolute atomic E-state index is 0.216. The van der Waals surface area contributed by atoms with Crippen LogP contribution in [0.3, 0.4) is 0 Å². The van der Waals surface area contributed by atoms with Gasteiger partial charge in [0.05, 0.1) is 10.6 Å². The molecule has 158 valence electrons. The van der Waals surface area contributed by atoms with Gasteiger partial charge in [0, 0.05) is 38.4 Å². The molecule has 29 heavy (non-hydrogen) atoms. The van der Waals surface area contributed by atoms with Crippen molar-refractivity contribution in [2.45, 2.75) is 57.5 Å². The summed E-state index contributed by atoms with van der Waals surface area (Å²) in [5, 5.41) is 4.19. The lowest BCUT2D eigenvalue weighted by Crippen LogP contribution is -2.64. The molecule has 0 radical (unpaired) electrons. The van der Waals surface area contributed by atoms with Crippen molar-refractivity contribution in [3.8, 4) is 0 Å². The predicted molar refractivity (Wildman–Crippen MR) is 116 cm³/mol. The summed E-state index contributed by atoms with van der Waals surface area (Å²) in [5.41, 5.74) is -0.478. The van der Waals surface area contributed by atoms with Crippen molar-refractivity contribution in [3.63, 3.8) is 0 Å². The van der Waals surface area contributed by atoms with E-state index in [2.05, 4.69) is 33.9 Å². The Bertz CT molecular complexity index is 729. The lowest BCUT2D eigenvalue weighted by molar-refractivity contribution is -0.136. The van der Waals surface area contributed by atoms with E-state index in [1.165, 1.54) is 32.1 Å². The smallest absolute Gasteiger partial charge is 0.240 e. The zero-order valence-corrected chi connectivity index (χ0v) is 18.4. The predicted octanol–water partition coefficient (Wildman–Crippen LogP) is 3.58. The number of carbonyl (C=O) groups excluding carboxylic acids is 1. The molecule has 0 aromatic carbocycles. The number of amides is 1. The van der Waals surface area contributed by atoms with Crippen LogP contribution in [0.25, 0.3) is 0 Å². The first-order chi connectivity index (χ1) is 13.9. The van der Waals surface area contributed by atoms with Crippen LogP contribution in [0.2, 0.25) is 5.02 Å². The number of nitrogens with one attached hydrogen (secondary N) is 1. The van der Waals surface area contributed by atoms with E-state index in [9.17, 15) is 4.79 Å². The second kappa shape index (κ2) is 7.42. The van der Waals surface area contributed by atoms with Gasteiger partial charge in [0.15, 0.2) is 0 Å². The van der Waals surface area contributed by atoms with Gasteiger partial charge in [-0.1, -0.05) is 11.6 Å². The van der Waals surface area contributed by atoms with Gasteiger partial charge in [-0.15, -0.1) is 0 Å². The standard InChI is InChI=1S/C23H33ClN4O/c1-23(2,28-7-5-27(6-8-28)20-4-3-19(24)14-25-20)22(29)26-21-17-10-15-9-16(12-17)13-18(21)11-15/h3-4,14-18,21H,5-13H2,1-2H3,(H,26,29). The van der Waals surface area contributed by atoms with Gasteiger partial charge in [-0.25, -0.2) is 4.98 Å². The van der Waals surface area contributed by atoms with E-state index in [0.29, 0.717) is 11.1 Å². The van der Waals surface area contributed by atoms with Crippen molar-refractivity contribution in [1.82, 2.24) is 15.2 Å². The molecule has 1 amide bonds. The second-order valence-electron chi connectivity index (χ2n) is 10.3. The summed E-state index contributed by atoms with van der Waals surface area (Å²) in [6.07, 6.45) is 8.50. The van der Waals surface area contributed by atoms with E-state index < -0.39 is 5.54 Å². The van der Waals surface area contributed by atoms with Crippen molar-refractivity contribution in [2.75, 3.05) is 31.1 Å². The third kappa shape index (κ3) is 3.65. The zero-order valence-electron chi connectivity index (χ0n) is 17.6. The maximum Gasteiger partial charge on any atom is 0.240 e. The van der Waals surface area contributed by atoms with E-state index >= 15 is 0 Å². The molecule has 6 rings (SSSR count). The number of rotatable bonds is 4. The zero-order chi connectivity index (χ0) is 20.2. The molecule has 0 unspecified atom stereocenters. The molecular formula is C23H33ClN4O. The van der Waals surface area contributed by atoms with E-state index in [1.807, 2.05) is 12.1 Å². The van der Waals surface area contributed by atoms with Crippen LogP contribution in [0.15, 0.2) is 18.3 Å². The van der Waals surface area contributed by atoms with Gasteiger partial charge in [0.25, 0.3) is 0 Å². The Kier molecular flexibility index (Phi) is 5.02. The molecule has 1 aromatic heterocycles. The summed E-state index contributed by atoms with van der Waals surface area (Å²) in [4.78, 5) is 22.4. The van der Waals surface area contributed by atoms with E-state index in [1.54, 1.807) is 6.20 Å².